The molecule has 1 aliphatic heterocycles. The second kappa shape index (κ2) is 21.6. The fraction of sp³-hybridized carbons (Fsp3) is 0.773. The van der Waals surface area contributed by atoms with Crippen LogP contribution in [0.5, 0.6) is 0 Å². The first-order valence-electron chi connectivity index (χ1n) is 19.0. The molecule has 2 unspecified atom stereocenters. The molecule has 1 heterocycles. The van der Waals surface area contributed by atoms with Crippen molar-refractivity contribution in [2.75, 3.05) is 13.2 Å². The second-order valence-electron chi connectivity index (χ2n) is 16.3. The molecule has 1 aromatic carbocycles. The SMILES string of the molecule is CC1=C(C)CC(C)CC1.CC1=C(C)CC(C)CC1.CC1CCC(C)CC1.CC1COC(C)OC1.Cc1c(C)c(C)c(C)c(C)c1C.[HH]. The summed E-state index contributed by atoms with van der Waals surface area (Å²) in [6.45, 7) is 37.5. The minimum atomic E-state index is 0. The van der Waals surface area contributed by atoms with Crippen LogP contribution >= 0.6 is 0 Å². The van der Waals surface area contributed by atoms with Crippen molar-refractivity contribution in [1.29, 1.82) is 0 Å². The van der Waals surface area contributed by atoms with Crippen LogP contribution in [-0.4, -0.2) is 19.5 Å². The predicted molar refractivity (Wildman–Crippen MR) is 207 cm³/mol. The van der Waals surface area contributed by atoms with Crippen molar-refractivity contribution in [3.63, 3.8) is 0 Å². The number of benzene rings is 1. The van der Waals surface area contributed by atoms with Gasteiger partial charge >= 0.3 is 0 Å². The number of hydrogen-bond acceptors (Lipinski definition) is 2. The Morgan fingerprint density at radius 3 is 0.870 bits per heavy atom. The molecule has 2 heteroatoms. The number of allylic oxidation sites excluding steroid dienone is 4. The van der Waals surface area contributed by atoms with E-state index in [1.807, 2.05) is 6.92 Å². The molecule has 2 atom stereocenters. The van der Waals surface area contributed by atoms with Crippen LogP contribution in [-0.2, 0) is 9.47 Å². The molecule has 1 saturated carbocycles. The Labute approximate surface area is 290 Å². The summed E-state index contributed by atoms with van der Waals surface area (Å²) >= 11 is 0. The lowest BCUT2D eigenvalue weighted by atomic mass is 9.84. The topological polar surface area (TPSA) is 18.5 Å². The maximum atomic E-state index is 5.17. The van der Waals surface area contributed by atoms with E-state index in [-0.39, 0.29) is 7.72 Å². The summed E-state index contributed by atoms with van der Waals surface area (Å²) in [7, 11) is 0. The molecule has 0 radical (unpaired) electrons. The first-order valence-corrected chi connectivity index (χ1v) is 19.0. The molecular weight excluding hydrogens is 560 g/mol. The van der Waals surface area contributed by atoms with Crippen molar-refractivity contribution in [3.05, 3.63) is 55.7 Å². The highest BCUT2D eigenvalue weighted by Crippen LogP contribution is 2.29. The zero-order chi connectivity index (χ0) is 35.1. The molecule has 0 amide bonds. The third-order valence-corrected chi connectivity index (χ3v) is 11.7. The van der Waals surface area contributed by atoms with Gasteiger partial charge in [-0.05, 0) is 172 Å². The van der Waals surface area contributed by atoms with E-state index >= 15 is 0 Å². The summed E-state index contributed by atoms with van der Waals surface area (Å²) in [5, 5.41) is 0. The molecule has 0 spiro atoms. The first-order chi connectivity index (χ1) is 21.4. The lowest BCUT2D eigenvalue weighted by Crippen LogP contribution is -2.27. The lowest BCUT2D eigenvalue weighted by molar-refractivity contribution is -0.187. The van der Waals surface area contributed by atoms with Crippen LogP contribution in [0.4, 0.5) is 0 Å². The Morgan fingerprint density at radius 1 is 0.370 bits per heavy atom. The summed E-state index contributed by atoms with van der Waals surface area (Å²) < 4.78 is 10.3. The van der Waals surface area contributed by atoms with Crippen LogP contribution < -0.4 is 0 Å². The fourth-order valence-electron chi connectivity index (χ4n) is 6.76. The van der Waals surface area contributed by atoms with E-state index in [4.69, 9.17) is 9.47 Å². The van der Waals surface area contributed by atoms with E-state index in [0.717, 1.165) is 36.9 Å². The van der Waals surface area contributed by atoms with Gasteiger partial charge in [0.05, 0.1) is 13.2 Å². The van der Waals surface area contributed by atoms with Crippen molar-refractivity contribution >= 4 is 0 Å². The smallest absolute Gasteiger partial charge is 0.154 e. The van der Waals surface area contributed by atoms with Gasteiger partial charge in [0.25, 0.3) is 0 Å². The maximum absolute atomic E-state index is 5.17. The molecule has 2 nitrogen and oxygen atoms in total. The molecule has 2 fully saturated rings. The van der Waals surface area contributed by atoms with Crippen molar-refractivity contribution in [3.8, 4) is 0 Å². The summed E-state index contributed by atoms with van der Waals surface area (Å²) in [5.41, 5.74) is 15.3. The zero-order valence-electron chi connectivity index (χ0n) is 33.8. The second-order valence-corrected chi connectivity index (χ2v) is 16.3. The normalized spacial score (nSPS) is 27.9. The highest BCUT2D eigenvalue weighted by molar-refractivity contribution is 5.48. The molecule has 0 aromatic heterocycles. The average molecular weight is 641 g/mol. The zero-order valence-corrected chi connectivity index (χ0v) is 33.8. The standard InChI is InChI=1S/C12H18.2C9H16.C8H16.C6H12O2.H2/c1-7-8(2)10(4)12(6)11(5)9(7)3;2*1-7-4-5-8(2)9(3)6-7;1-7-3-5-8(2)6-4-7;1-5-3-7-6(2)8-4-5;/h1-6H3;2*7H,4-6H2,1-3H3;7-8H,3-6H2,1-2H3;5-6H,3-4H2,1-2H3;1H. The van der Waals surface area contributed by atoms with E-state index in [9.17, 15) is 0 Å². The van der Waals surface area contributed by atoms with Gasteiger partial charge in [0.2, 0.25) is 0 Å². The summed E-state index contributed by atoms with van der Waals surface area (Å²) in [5.74, 6) is 4.49. The van der Waals surface area contributed by atoms with E-state index in [0.29, 0.717) is 5.92 Å². The number of ether oxygens (including phenoxy) is 2. The Kier molecular flexibility index (Phi) is 20.0. The molecule has 5 rings (SSSR count). The largest absolute Gasteiger partial charge is 0.353 e. The van der Waals surface area contributed by atoms with Crippen molar-refractivity contribution in [2.24, 2.45) is 29.6 Å². The Bertz CT molecular complexity index is 917. The molecule has 268 valence electrons. The van der Waals surface area contributed by atoms with Crippen LogP contribution in [0.1, 0.15) is 168 Å². The third kappa shape index (κ3) is 15.7. The number of rotatable bonds is 0. The molecule has 0 bridgehead atoms. The van der Waals surface area contributed by atoms with E-state index in [1.165, 1.54) is 97.6 Å². The maximum Gasteiger partial charge on any atom is 0.154 e. The van der Waals surface area contributed by atoms with Gasteiger partial charge in [-0.3, -0.25) is 0 Å². The third-order valence-electron chi connectivity index (χ3n) is 11.7. The molecule has 1 aromatic rings. The van der Waals surface area contributed by atoms with Gasteiger partial charge in [-0.2, -0.15) is 0 Å². The van der Waals surface area contributed by atoms with E-state index in [1.54, 1.807) is 22.3 Å². The Hall–Kier alpha value is -1.38. The first kappa shape index (κ1) is 42.6. The Morgan fingerprint density at radius 2 is 0.652 bits per heavy atom. The van der Waals surface area contributed by atoms with E-state index < -0.39 is 0 Å². The minimum Gasteiger partial charge on any atom is -0.353 e. The Balaban J connectivity index is 0.000000564. The van der Waals surface area contributed by atoms with Crippen LogP contribution in [0.15, 0.2) is 22.3 Å². The molecule has 46 heavy (non-hydrogen) atoms. The van der Waals surface area contributed by atoms with Gasteiger partial charge in [0.1, 0.15) is 0 Å². The summed E-state index contributed by atoms with van der Waals surface area (Å²) in [6.07, 6.45) is 14.1. The lowest BCUT2D eigenvalue weighted by Gasteiger charge is -2.24. The van der Waals surface area contributed by atoms with Gasteiger partial charge in [-0.15, -0.1) is 0 Å². The molecular formula is C44H80O2. The molecule has 0 N–H and O–H groups in total. The van der Waals surface area contributed by atoms with Crippen LogP contribution in [0.25, 0.3) is 0 Å². The summed E-state index contributed by atoms with van der Waals surface area (Å²) in [4.78, 5) is 0. The van der Waals surface area contributed by atoms with Crippen LogP contribution in [0, 0.1) is 71.1 Å². The highest BCUT2D eigenvalue weighted by atomic mass is 16.7. The monoisotopic (exact) mass is 641 g/mol. The predicted octanol–water partition coefficient (Wildman–Crippen LogP) is 13.9. The van der Waals surface area contributed by atoms with Crippen LogP contribution in [0.2, 0.25) is 0 Å². The molecule has 3 aliphatic carbocycles. The summed E-state index contributed by atoms with van der Waals surface area (Å²) in [6, 6.07) is 0. The minimum absolute atomic E-state index is 0. The van der Waals surface area contributed by atoms with Crippen molar-refractivity contribution in [1.82, 2.24) is 0 Å². The molecule has 4 aliphatic rings. The van der Waals surface area contributed by atoms with Gasteiger partial charge in [-0.25, -0.2) is 0 Å². The fourth-order valence-corrected chi connectivity index (χ4v) is 6.76. The van der Waals surface area contributed by atoms with Gasteiger partial charge in [-0.1, -0.05) is 82.6 Å². The van der Waals surface area contributed by atoms with E-state index in [2.05, 4.69) is 104 Å². The van der Waals surface area contributed by atoms with Crippen molar-refractivity contribution in [2.45, 2.75) is 181 Å². The highest BCUT2D eigenvalue weighted by Gasteiger charge is 2.15. The van der Waals surface area contributed by atoms with Gasteiger partial charge in [0, 0.05) is 7.34 Å². The average Bonchev–Trinajstić information content (AvgIpc) is 3.02. The van der Waals surface area contributed by atoms with Crippen LogP contribution in [0.3, 0.4) is 0 Å². The van der Waals surface area contributed by atoms with Crippen molar-refractivity contribution < 1.29 is 10.9 Å². The number of hydrogen-bond donors (Lipinski definition) is 0. The quantitative estimate of drug-likeness (QED) is 0.263. The van der Waals surface area contributed by atoms with Gasteiger partial charge in [0.15, 0.2) is 6.29 Å². The van der Waals surface area contributed by atoms with Gasteiger partial charge < -0.3 is 9.47 Å². The molecule has 1 saturated heterocycles.